The van der Waals surface area contributed by atoms with Crippen molar-refractivity contribution in [1.82, 2.24) is 4.98 Å². The van der Waals surface area contributed by atoms with Gasteiger partial charge in [-0.05, 0) is 54.3 Å². The minimum absolute atomic E-state index is 0.00570. The van der Waals surface area contributed by atoms with E-state index < -0.39 is 5.97 Å². The van der Waals surface area contributed by atoms with Gasteiger partial charge in [0.15, 0.2) is 0 Å². The van der Waals surface area contributed by atoms with Crippen LogP contribution >= 0.6 is 15.9 Å². The van der Waals surface area contributed by atoms with Gasteiger partial charge in [0, 0.05) is 15.4 Å². The van der Waals surface area contributed by atoms with Crippen molar-refractivity contribution < 1.29 is 9.90 Å². The monoisotopic (exact) mass is 357 g/mol. The lowest BCUT2D eigenvalue weighted by molar-refractivity contribution is -0.136. The van der Waals surface area contributed by atoms with Gasteiger partial charge in [0.2, 0.25) is 0 Å². The van der Waals surface area contributed by atoms with Crippen molar-refractivity contribution >= 4 is 32.8 Å². The number of hydrogen-bond acceptors (Lipinski definition) is 1. The molecule has 22 heavy (non-hydrogen) atoms. The number of carboxylic acids is 1. The molecular weight excluding hydrogens is 342 g/mol. The highest BCUT2D eigenvalue weighted by molar-refractivity contribution is 9.10. The first-order valence-corrected chi connectivity index (χ1v) is 7.84. The minimum atomic E-state index is -0.822. The third-order valence-electron chi connectivity index (χ3n) is 3.78. The largest absolute Gasteiger partial charge is 0.481 e. The molecule has 0 fully saturated rings. The highest BCUT2D eigenvalue weighted by atomic mass is 79.9. The van der Waals surface area contributed by atoms with Gasteiger partial charge in [-0.1, -0.05) is 34.1 Å². The van der Waals surface area contributed by atoms with E-state index in [-0.39, 0.29) is 6.42 Å². The molecule has 3 rings (SSSR count). The molecule has 0 unspecified atom stereocenters. The van der Waals surface area contributed by atoms with Crippen molar-refractivity contribution in [3.8, 4) is 11.3 Å². The number of halogens is 1. The van der Waals surface area contributed by atoms with Gasteiger partial charge in [0.25, 0.3) is 0 Å². The van der Waals surface area contributed by atoms with E-state index in [9.17, 15) is 9.90 Å². The number of H-pyrrole nitrogens is 1. The normalized spacial score (nSPS) is 11.0. The number of aliphatic carboxylic acids is 1. The van der Waals surface area contributed by atoms with Gasteiger partial charge in [0.1, 0.15) is 0 Å². The Bertz CT molecular complexity index is 880. The number of hydrogen-bond donors (Lipinski definition) is 2. The number of carboxylic acid groups (broad SMARTS) is 1. The molecule has 0 amide bonds. The minimum Gasteiger partial charge on any atom is -0.481 e. The molecule has 4 heteroatoms. The number of nitrogens with one attached hydrogen (secondary N) is 1. The molecule has 0 atom stereocenters. The fourth-order valence-corrected chi connectivity index (χ4v) is 3.42. The van der Waals surface area contributed by atoms with E-state index in [1.807, 2.05) is 38.1 Å². The van der Waals surface area contributed by atoms with Crippen LogP contribution in [0.3, 0.4) is 0 Å². The van der Waals surface area contributed by atoms with E-state index in [4.69, 9.17) is 0 Å². The standard InChI is InChI=1S/C18H16BrNO2/c1-10-6-11(2)17-14(9-16(21)22)18(20-15(17)7-10)12-4-3-5-13(19)8-12/h3-8,20H,9H2,1-2H3,(H,21,22). The highest BCUT2D eigenvalue weighted by Crippen LogP contribution is 2.34. The van der Waals surface area contributed by atoms with Crippen LogP contribution in [-0.2, 0) is 11.2 Å². The van der Waals surface area contributed by atoms with E-state index in [2.05, 4.69) is 33.0 Å². The molecule has 0 bridgehead atoms. The zero-order chi connectivity index (χ0) is 15.9. The molecule has 2 aromatic carbocycles. The van der Waals surface area contributed by atoms with Crippen molar-refractivity contribution in [2.24, 2.45) is 0 Å². The predicted molar refractivity (Wildman–Crippen MR) is 92.2 cm³/mol. The average molecular weight is 358 g/mol. The molecule has 3 aromatic rings. The van der Waals surface area contributed by atoms with Crippen molar-refractivity contribution in [2.75, 3.05) is 0 Å². The zero-order valence-corrected chi connectivity index (χ0v) is 14.0. The summed E-state index contributed by atoms with van der Waals surface area (Å²) in [6.45, 7) is 4.07. The van der Waals surface area contributed by atoms with Crippen molar-refractivity contribution in [2.45, 2.75) is 20.3 Å². The third-order valence-corrected chi connectivity index (χ3v) is 4.28. The Morgan fingerprint density at radius 3 is 2.68 bits per heavy atom. The van der Waals surface area contributed by atoms with Gasteiger partial charge in [-0.15, -0.1) is 0 Å². The van der Waals surface area contributed by atoms with Crippen LogP contribution in [0, 0.1) is 13.8 Å². The Morgan fingerprint density at radius 2 is 2.00 bits per heavy atom. The number of aromatic nitrogens is 1. The number of carbonyl (C=O) groups is 1. The molecule has 1 aromatic heterocycles. The maximum Gasteiger partial charge on any atom is 0.307 e. The molecule has 0 aliphatic rings. The molecular formula is C18H16BrNO2. The Labute approximate surface area is 137 Å². The van der Waals surface area contributed by atoms with Crippen LogP contribution in [0.2, 0.25) is 0 Å². The summed E-state index contributed by atoms with van der Waals surface area (Å²) in [4.78, 5) is 14.7. The van der Waals surface area contributed by atoms with Crippen molar-refractivity contribution in [3.05, 3.63) is 57.6 Å². The van der Waals surface area contributed by atoms with E-state index in [1.54, 1.807) is 0 Å². The molecule has 2 N–H and O–H groups in total. The Balaban J connectivity index is 2.33. The van der Waals surface area contributed by atoms with E-state index in [1.165, 1.54) is 0 Å². The fraction of sp³-hybridized carbons (Fsp3) is 0.167. The molecule has 112 valence electrons. The second-order valence-corrected chi connectivity index (χ2v) is 6.48. The number of rotatable bonds is 3. The van der Waals surface area contributed by atoms with Crippen LogP contribution in [-0.4, -0.2) is 16.1 Å². The topological polar surface area (TPSA) is 53.1 Å². The molecule has 0 saturated carbocycles. The summed E-state index contributed by atoms with van der Waals surface area (Å²) >= 11 is 3.47. The average Bonchev–Trinajstić information content (AvgIpc) is 2.76. The lowest BCUT2D eigenvalue weighted by atomic mass is 9.99. The van der Waals surface area contributed by atoms with Crippen LogP contribution in [0.25, 0.3) is 22.2 Å². The van der Waals surface area contributed by atoms with Crippen molar-refractivity contribution in [3.63, 3.8) is 0 Å². The fourth-order valence-electron chi connectivity index (χ4n) is 3.02. The summed E-state index contributed by atoms with van der Waals surface area (Å²) in [5.74, 6) is -0.822. The smallest absolute Gasteiger partial charge is 0.307 e. The summed E-state index contributed by atoms with van der Waals surface area (Å²) in [7, 11) is 0. The maximum absolute atomic E-state index is 11.3. The van der Waals surface area contributed by atoms with Gasteiger partial charge >= 0.3 is 5.97 Å². The Kier molecular flexibility index (Phi) is 3.79. The molecule has 0 aliphatic carbocycles. The molecule has 0 radical (unpaired) electrons. The first-order chi connectivity index (χ1) is 10.5. The zero-order valence-electron chi connectivity index (χ0n) is 12.4. The molecule has 0 saturated heterocycles. The Hall–Kier alpha value is -2.07. The summed E-state index contributed by atoms with van der Waals surface area (Å²) in [5, 5.41) is 10.3. The SMILES string of the molecule is Cc1cc(C)c2c(CC(=O)O)c(-c3cccc(Br)c3)[nH]c2c1. The van der Waals surface area contributed by atoms with Gasteiger partial charge in [-0.2, -0.15) is 0 Å². The summed E-state index contributed by atoms with van der Waals surface area (Å²) in [5.41, 5.74) is 5.96. The number of fused-ring (bicyclic) bond motifs is 1. The van der Waals surface area contributed by atoms with Gasteiger partial charge in [-0.25, -0.2) is 0 Å². The molecule has 3 nitrogen and oxygen atoms in total. The van der Waals surface area contributed by atoms with Crippen LogP contribution in [0.5, 0.6) is 0 Å². The van der Waals surface area contributed by atoms with Crippen LogP contribution < -0.4 is 0 Å². The maximum atomic E-state index is 11.3. The van der Waals surface area contributed by atoms with E-state index in [0.29, 0.717) is 0 Å². The van der Waals surface area contributed by atoms with Crippen molar-refractivity contribution in [1.29, 1.82) is 0 Å². The van der Waals surface area contributed by atoms with Crippen LogP contribution in [0.15, 0.2) is 40.9 Å². The summed E-state index contributed by atoms with van der Waals surface area (Å²) < 4.78 is 0.970. The Morgan fingerprint density at radius 1 is 1.23 bits per heavy atom. The van der Waals surface area contributed by atoms with Crippen LogP contribution in [0.1, 0.15) is 16.7 Å². The molecule has 0 spiro atoms. The van der Waals surface area contributed by atoms with Gasteiger partial charge in [-0.3, -0.25) is 4.79 Å². The first-order valence-electron chi connectivity index (χ1n) is 7.05. The highest BCUT2D eigenvalue weighted by Gasteiger charge is 2.17. The summed E-state index contributed by atoms with van der Waals surface area (Å²) in [6.07, 6.45) is 0.00570. The number of aryl methyl sites for hydroxylation is 2. The second-order valence-electron chi connectivity index (χ2n) is 5.56. The number of benzene rings is 2. The van der Waals surface area contributed by atoms with Gasteiger partial charge < -0.3 is 10.1 Å². The molecule has 0 aliphatic heterocycles. The van der Waals surface area contributed by atoms with E-state index >= 15 is 0 Å². The lowest BCUT2D eigenvalue weighted by Crippen LogP contribution is -2.01. The number of aromatic amines is 1. The first kappa shape index (κ1) is 14.9. The third kappa shape index (κ3) is 2.66. The quantitative estimate of drug-likeness (QED) is 0.704. The molecule has 1 heterocycles. The summed E-state index contributed by atoms with van der Waals surface area (Å²) in [6, 6.07) is 12.1. The van der Waals surface area contributed by atoms with Gasteiger partial charge in [0.05, 0.1) is 12.1 Å². The predicted octanol–water partition coefficient (Wildman–Crippen LogP) is 4.84. The van der Waals surface area contributed by atoms with Crippen LogP contribution in [0.4, 0.5) is 0 Å². The second kappa shape index (κ2) is 5.61. The van der Waals surface area contributed by atoms with E-state index in [0.717, 1.165) is 43.3 Å². The lowest BCUT2D eigenvalue weighted by Gasteiger charge is -2.05.